The van der Waals surface area contributed by atoms with Gasteiger partial charge >= 0.3 is 6.09 Å². The van der Waals surface area contributed by atoms with Gasteiger partial charge < -0.3 is 19.9 Å². The van der Waals surface area contributed by atoms with Crippen LogP contribution in [0.25, 0.3) is 0 Å². The van der Waals surface area contributed by atoms with Crippen molar-refractivity contribution in [2.24, 2.45) is 5.92 Å². The average molecular weight is 687 g/mol. The van der Waals surface area contributed by atoms with E-state index < -0.39 is 15.9 Å². The number of pyridine rings is 2. The molecular weight excluding hydrogens is 641 g/mol. The molecule has 0 spiro atoms. The summed E-state index contributed by atoms with van der Waals surface area (Å²) in [5.74, 6) is 0.450. The lowest BCUT2D eigenvalue weighted by Crippen LogP contribution is -2.41. The van der Waals surface area contributed by atoms with E-state index in [1.54, 1.807) is 29.2 Å². The van der Waals surface area contributed by atoms with Crippen molar-refractivity contribution in [3.8, 4) is 0 Å². The van der Waals surface area contributed by atoms with Crippen LogP contribution in [0.15, 0.2) is 77.3 Å². The van der Waals surface area contributed by atoms with Gasteiger partial charge in [0.05, 0.1) is 5.56 Å². The van der Waals surface area contributed by atoms with Crippen molar-refractivity contribution in [3.05, 3.63) is 89.1 Å². The summed E-state index contributed by atoms with van der Waals surface area (Å²) in [5, 5.41) is 3.24. The molecule has 1 unspecified atom stereocenters. The summed E-state index contributed by atoms with van der Waals surface area (Å²) in [6.07, 6.45) is 4.90. The minimum absolute atomic E-state index is 0.136. The average Bonchev–Trinajstić information content (AvgIpc) is 3.38. The van der Waals surface area contributed by atoms with Gasteiger partial charge in [-0.05, 0) is 80.9 Å². The largest absolute Gasteiger partial charge is 0.445 e. The highest BCUT2D eigenvalue weighted by Crippen LogP contribution is 2.41. The van der Waals surface area contributed by atoms with Crippen LogP contribution in [0, 0.1) is 5.92 Å². The molecule has 0 aliphatic carbocycles. The number of nitrogens with zero attached hydrogens (tertiary/aromatic N) is 4. The number of benzene rings is 1. The molecule has 0 radical (unpaired) electrons. The highest BCUT2D eigenvalue weighted by Gasteiger charge is 2.41. The smallest absolute Gasteiger partial charge is 0.410 e. The predicted octanol–water partition coefficient (Wildman–Crippen LogP) is 6.04. The van der Waals surface area contributed by atoms with Crippen LogP contribution >= 0.6 is 0 Å². The van der Waals surface area contributed by atoms with Crippen molar-refractivity contribution in [2.45, 2.75) is 88.9 Å². The molecule has 2 aromatic heterocycles. The van der Waals surface area contributed by atoms with Crippen LogP contribution in [0.4, 0.5) is 16.4 Å². The van der Waals surface area contributed by atoms with E-state index in [-0.39, 0.29) is 40.3 Å². The van der Waals surface area contributed by atoms with Crippen LogP contribution in [-0.2, 0) is 26.8 Å². The number of rotatable bonds is 3. The Hall–Kier alpha value is -4.45. The minimum Gasteiger partial charge on any atom is -0.445 e. The van der Waals surface area contributed by atoms with Crippen molar-refractivity contribution < 1.29 is 22.7 Å². The lowest BCUT2D eigenvalue weighted by atomic mass is 9.89. The molecule has 1 saturated heterocycles. The van der Waals surface area contributed by atoms with Crippen LogP contribution in [0.2, 0.25) is 0 Å². The fourth-order valence-electron chi connectivity index (χ4n) is 6.99. The summed E-state index contributed by atoms with van der Waals surface area (Å²) >= 11 is 0. The maximum atomic E-state index is 13.7. The molecule has 5 heterocycles. The number of ether oxygens (including phenoxy) is 1. The first-order valence-electron chi connectivity index (χ1n) is 16.9. The van der Waals surface area contributed by atoms with Gasteiger partial charge in [0, 0.05) is 42.3 Å². The molecule has 11 nitrogen and oxygen atoms in total. The first kappa shape index (κ1) is 34.4. The lowest BCUT2D eigenvalue weighted by Gasteiger charge is -2.34. The van der Waals surface area contributed by atoms with E-state index in [1.807, 2.05) is 30.3 Å². The maximum Gasteiger partial charge on any atom is 0.410 e. The zero-order valence-electron chi connectivity index (χ0n) is 28.9. The SMILES string of the molecule is CC(C)(C)c1ccc2c(n1)N1C[C@@H](CCC(C3=CCN(C(=O)OCc4ccccc4)CC3)Nc3cccc(n3)S(=O)(=O)NC2=O)CC1(C)C. The van der Waals surface area contributed by atoms with Gasteiger partial charge in [-0.1, -0.05) is 63.2 Å². The van der Waals surface area contributed by atoms with Crippen LogP contribution in [0.1, 0.15) is 81.9 Å². The van der Waals surface area contributed by atoms with Crippen LogP contribution in [0.5, 0.6) is 0 Å². The third-order valence-corrected chi connectivity index (χ3v) is 10.9. The third-order valence-electron chi connectivity index (χ3n) is 9.67. The summed E-state index contributed by atoms with van der Waals surface area (Å²) in [6, 6.07) is 17.7. The van der Waals surface area contributed by atoms with Gasteiger partial charge in [-0.25, -0.2) is 19.5 Å². The first-order chi connectivity index (χ1) is 23.2. The van der Waals surface area contributed by atoms with E-state index in [0.717, 1.165) is 36.1 Å². The summed E-state index contributed by atoms with van der Waals surface area (Å²) in [5.41, 5.74) is 2.51. The van der Waals surface area contributed by atoms with E-state index >= 15 is 0 Å². The number of amides is 2. The number of hydrogen-bond acceptors (Lipinski definition) is 9. The molecule has 2 N–H and O–H groups in total. The Labute approximate surface area is 289 Å². The molecule has 0 saturated carbocycles. The van der Waals surface area contributed by atoms with Crippen molar-refractivity contribution >= 4 is 33.7 Å². The zero-order chi connectivity index (χ0) is 35.0. The van der Waals surface area contributed by atoms with Crippen LogP contribution in [-0.4, -0.2) is 66.5 Å². The standard InChI is InChI=1S/C37H46N6O5S/c1-36(2,3)30-17-15-28-33(39-30)43-23-26(22-37(43,4)5)14-16-29(38-31-12-9-13-32(40-31)49(46,47)41-34(28)44)27-18-20-42(21-19-27)35(45)48-24-25-10-7-6-8-11-25/h6-13,15,17-18,26,29H,14,16,19-24H2,1-5H3,(H,38,40)(H,41,44)/t26-,29?/m0/s1. The molecule has 2 amide bonds. The second-order valence-electron chi connectivity index (χ2n) is 14.9. The fraction of sp³-hybridized carbons (Fsp3) is 0.459. The summed E-state index contributed by atoms with van der Waals surface area (Å²) in [7, 11) is -4.31. The predicted molar refractivity (Wildman–Crippen MR) is 189 cm³/mol. The zero-order valence-corrected chi connectivity index (χ0v) is 29.7. The normalized spacial score (nSPS) is 22.1. The highest BCUT2D eigenvalue weighted by molar-refractivity contribution is 7.90. The van der Waals surface area contributed by atoms with Gasteiger partial charge in [0.25, 0.3) is 15.9 Å². The van der Waals surface area contributed by atoms with Crippen LogP contribution in [0.3, 0.4) is 0 Å². The Balaban J connectivity index is 1.29. The van der Waals surface area contributed by atoms with Gasteiger partial charge in [-0.15, -0.1) is 0 Å². The molecule has 49 heavy (non-hydrogen) atoms. The second kappa shape index (κ2) is 13.5. The van der Waals surface area contributed by atoms with E-state index in [0.29, 0.717) is 43.6 Å². The second-order valence-corrected chi connectivity index (χ2v) is 16.5. The Morgan fingerprint density at radius 3 is 2.51 bits per heavy atom. The molecule has 4 bridgehead atoms. The molecular formula is C37H46N6O5S. The molecule has 12 heteroatoms. The molecule has 6 rings (SSSR count). The number of fused-ring (bicyclic) bond motifs is 6. The molecule has 3 aromatic rings. The molecule has 1 fully saturated rings. The monoisotopic (exact) mass is 686 g/mol. The molecule has 2 atom stereocenters. The number of aromatic nitrogens is 2. The summed E-state index contributed by atoms with van der Waals surface area (Å²) in [4.78, 5) is 39.9. The van der Waals surface area contributed by atoms with Crippen molar-refractivity contribution in [1.82, 2.24) is 19.6 Å². The quantitative estimate of drug-likeness (QED) is 0.316. The van der Waals surface area contributed by atoms with Crippen LogP contribution < -0.4 is 14.9 Å². The number of sulfonamides is 1. The number of carbonyl (C=O) groups is 2. The van der Waals surface area contributed by atoms with E-state index in [4.69, 9.17) is 9.72 Å². The number of nitrogens with one attached hydrogen (secondary N) is 2. The molecule has 3 aliphatic heterocycles. The molecule has 3 aliphatic rings. The summed E-state index contributed by atoms with van der Waals surface area (Å²) in [6.45, 7) is 12.3. The van der Waals surface area contributed by atoms with Gasteiger partial charge in [0.15, 0.2) is 5.03 Å². The highest BCUT2D eigenvalue weighted by atomic mass is 32.2. The van der Waals surface area contributed by atoms with Gasteiger partial charge in [-0.3, -0.25) is 4.79 Å². The Morgan fingerprint density at radius 1 is 1.02 bits per heavy atom. The number of anilines is 2. The third kappa shape index (κ3) is 7.74. The summed E-state index contributed by atoms with van der Waals surface area (Å²) < 4.78 is 34.9. The van der Waals surface area contributed by atoms with Gasteiger partial charge in [0.2, 0.25) is 0 Å². The fourth-order valence-corrected chi connectivity index (χ4v) is 7.92. The van der Waals surface area contributed by atoms with Crippen molar-refractivity contribution in [3.63, 3.8) is 0 Å². The number of hydrogen-bond donors (Lipinski definition) is 2. The van der Waals surface area contributed by atoms with E-state index in [1.165, 1.54) is 6.07 Å². The van der Waals surface area contributed by atoms with E-state index in [2.05, 4.69) is 60.6 Å². The Morgan fingerprint density at radius 2 is 1.80 bits per heavy atom. The Bertz CT molecular complexity index is 1850. The Kier molecular flexibility index (Phi) is 9.45. The topological polar surface area (TPSA) is 134 Å². The maximum absolute atomic E-state index is 13.7. The number of carbonyl (C=O) groups excluding carboxylic acids is 2. The van der Waals surface area contributed by atoms with Crippen molar-refractivity contribution in [1.29, 1.82) is 0 Å². The minimum atomic E-state index is -4.31. The lowest BCUT2D eigenvalue weighted by molar-refractivity contribution is 0.0976. The first-order valence-corrected chi connectivity index (χ1v) is 18.4. The van der Waals surface area contributed by atoms with Gasteiger partial charge in [-0.2, -0.15) is 8.42 Å². The van der Waals surface area contributed by atoms with Crippen molar-refractivity contribution in [2.75, 3.05) is 29.9 Å². The van der Waals surface area contributed by atoms with Gasteiger partial charge in [0.1, 0.15) is 18.2 Å². The van der Waals surface area contributed by atoms with E-state index in [9.17, 15) is 18.0 Å². The molecule has 260 valence electrons. The molecule has 1 aromatic carbocycles.